The second-order valence-corrected chi connectivity index (χ2v) is 3.64. The molecule has 18 heavy (non-hydrogen) atoms. The third-order valence-corrected chi connectivity index (χ3v) is 2.17. The third kappa shape index (κ3) is 3.39. The monoisotopic (exact) mass is 246 g/mol. The van der Waals surface area contributed by atoms with Crippen LogP contribution >= 0.6 is 0 Å². The molecule has 0 spiro atoms. The average Bonchev–Trinajstić information content (AvgIpc) is 2.81. The summed E-state index contributed by atoms with van der Waals surface area (Å²) in [5.41, 5.74) is 1.44. The Morgan fingerprint density at radius 1 is 1.22 bits per heavy atom. The first-order valence-electron chi connectivity index (χ1n) is 5.52. The molecule has 0 atom stereocenters. The zero-order valence-corrected chi connectivity index (χ0v) is 10.0. The molecule has 6 nitrogen and oxygen atoms in total. The second-order valence-electron chi connectivity index (χ2n) is 3.64. The SMILES string of the molecule is Cn1cc(/N=N/c2ccc(OCCO)cc2)cn1. The van der Waals surface area contributed by atoms with Gasteiger partial charge in [0, 0.05) is 7.05 Å². The van der Waals surface area contributed by atoms with Crippen molar-refractivity contribution < 1.29 is 9.84 Å². The lowest BCUT2D eigenvalue weighted by Gasteiger charge is -2.02. The van der Waals surface area contributed by atoms with Crippen LogP contribution in [-0.4, -0.2) is 28.1 Å². The Labute approximate surface area is 105 Å². The van der Waals surface area contributed by atoms with Crippen molar-refractivity contribution in [2.45, 2.75) is 0 Å². The van der Waals surface area contributed by atoms with Crippen LogP contribution in [0.4, 0.5) is 11.4 Å². The molecule has 0 saturated carbocycles. The van der Waals surface area contributed by atoms with Gasteiger partial charge in [-0.3, -0.25) is 4.68 Å². The molecule has 2 aromatic rings. The van der Waals surface area contributed by atoms with Crippen LogP contribution in [0.3, 0.4) is 0 Å². The van der Waals surface area contributed by atoms with Crippen molar-refractivity contribution in [1.29, 1.82) is 0 Å². The number of ether oxygens (including phenoxy) is 1. The molecule has 0 aliphatic carbocycles. The summed E-state index contributed by atoms with van der Waals surface area (Å²) in [5.74, 6) is 0.698. The Bertz CT molecular complexity index is 519. The standard InChI is InChI=1S/C12H14N4O2/c1-16-9-11(8-13-16)15-14-10-2-4-12(5-3-10)18-7-6-17/h2-5,8-9,17H,6-7H2,1H3/b15-14+. The number of azo groups is 1. The fourth-order valence-corrected chi connectivity index (χ4v) is 1.35. The van der Waals surface area contributed by atoms with Gasteiger partial charge in [-0.15, -0.1) is 5.11 Å². The van der Waals surface area contributed by atoms with Crippen LogP contribution in [0.15, 0.2) is 46.9 Å². The van der Waals surface area contributed by atoms with E-state index in [1.807, 2.05) is 7.05 Å². The molecule has 0 aliphatic heterocycles. The van der Waals surface area contributed by atoms with Crippen LogP contribution < -0.4 is 4.74 Å². The molecule has 0 aliphatic rings. The van der Waals surface area contributed by atoms with E-state index in [4.69, 9.17) is 9.84 Å². The maximum atomic E-state index is 8.63. The van der Waals surface area contributed by atoms with Crippen molar-refractivity contribution in [3.63, 3.8) is 0 Å². The number of rotatable bonds is 5. The van der Waals surface area contributed by atoms with E-state index < -0.39 is 0 Å². The molecule has 0 radical (unpaired) electrons. The number of benzene rings is 1. The van der Waals surface area contributed by atoms with Gasteiger partial charge in [-0.05, 0) is 24.3 Å². The Balaban J connectivity index is 1.99. The van der Waals surface area contributed by atoms with Crippen molar-refractivity contribution in [2.75, 3.05) is 13.2 Å². The average molecular weight is 246 g/mol. The number of aliphatic hydroxyl groups excluding tert-OH is 1. The zero-order valence-electron chi connectivity index (χ0n) is 10.0. The topological polar surface area (TPSA) is 72.0 Å². The first kappa shape index (κ1) is 12.3. The maximum absolute atomic E-state index is 8.63. The number of aliphatic hydroxyl groups is 1. The summed E-state index contributed by atoms with van der Waals surface area (Å²) < 4.78 is 6.91. The molecule has 1 N–H and O–H groups in total. The quantitative estimate of drug-likeness (QED) is 0.822. The smallest absolute Gasteiger partial charge is 0.124 e. The van der Waals surface area contributed by atoms with Gasteiger partial charge in [0.15, 0.2) is 0 Å². The van der Waals surface area contributed by atoms with E-state index in [1.54, 1.807) is 41.3 Å². The van der Waals surface area contributed by atoms with Crippen molar-refractivity contribution >= 4 is 11.4 Å². The minimum atomic E-state index is 0.00245. The summed E-state index contributed by atoms with van der Waals surface area (Å²) in [6.45, 7) is 0.291. The summed E-state index contributed by atoms with van der Waals surface area (Å²) in [6.07, 6.45) is 3.42. The minimum Gasteiger partial charge on any atom is -0.491 e. The molecule has 0 bridgehead atoms. The number of hydrogen-bond acceptors (Lipinski definition) is 5. The van der Waals surface area contributed by atoms with Crippen molar-refractivity contribution in [3.05, 3.63) is 36.7 Å². The highest BCUT2D eigenvalue weighted by Gasteiger charge is 1.95. The van der Waals surface area contributed by atoms with E-state index in [1.165, 1.54) is 0 Å². The van der Waals surface area contributed by atoms with Crippen LogP contribution in [0.2, 0.25) is 0 Å². The molecular weight excluding hydrogens is 232 g/mol. The minimum absolute atomic E-state index is 0.00245. The summed E-state index contributed by atoms with van der Waals surface area (Å²) in [7, 11) is 1.83. The lowest BCUT2D eigenvalue weighted by atomic mass is 10.3. The van der Waals surface area contributed by atoms with Gasteiger partial charge in [-0.25, -0.2) is 0 Å². The fourth-order valence-electron chi connectivity index (χ4n) is 1.35. The van der Waals surface area contributed by atoms with Gasteiger partial charge in [0.25, 0.3) is 0 Å². The molecule has 1 aromatic carbocycles. The van der Waals surface area contributed by atoms with E-state index in [0.717, 1.165) is 5.69 Å². The lowest BCUT2D eigenvalue weighted by Crippen LogP contribution is -2.00. The molecule has 1 heterocycles. The zero-order chi connectivity index (χ0) is 12.8. The molecule has 0 unspecified atom stereocenters. The van der Waals surface area contributed by atoms with Crippen LogP contribution in [0.5, 0.6) is 5.75 Å². The first-order valence-corrected chi connectivity index (χ1v) is 5.52. The summed E-state index contributed by atoms with van der Waals surface area (Å²) in [6, 6.07) is 7.17. The highest BCUT2D eigenvalue weighted by Crippen LogP contribution is 2.20. The van der Waals surface area contributed by atoms with Gasteiger partial charge in [0.2, 0.25) is 0 Å². The van der Waals surface area contributed by atoms with Gasteiger partial charge in [-0.2, -0.15) is 10.2 Å². The number of aryl methyl sites for hydroxylation is 1. The van der Waals surface area contributed by atoms with Crippen LogP contribution in [0, 0.1) is 0 Å². The van der Waals surface area contributed by atoms with E-state index >= 15 is 0 Å². The molecule has 0 fully saturated rings. The van der Waals surface area contributed by atoms with Crippen LogP contribution in [0.25, 0.3) is 0 Å². The summed E-state index contributed by atoms with van der Waals surface area (Å²) in [5, 5.41) is 20.8. The number of aromatic nitrogens is 2. The predicted molar refractivity (Wildman–Crippen MR) is 66.4 cm³/mol. The van der Waals surface area contributed by atoms with Gasteiger partial charge >= 0.3 is 0 Å². The largest absolute Gasteiger partial charge is 0.491 e. The van der Waals surface area contributed by atoms with Crippen LogP contribution in [-0.2, 0) is 7.05 Å². The number of hydrogen-bond donors (Lipinski definition) is 1. The highest BCUT2D eigenvalue weighted by molar-refractivity contribution is 5.41. The normalized spacial score (nSPS) is 11.0. The number of nitrogens with zero attached hydrogens (tertiary/aromatic N) is 4. The molecule has 0 amide bonds. The summed E-state index contributed by atoms with van der Waals surface area (Å²) >= 11 is 0. The van der Waals surface area contributed by atoms with Crippen molar-refractivity contribution in [2.24, 2.45) is 17.3 Å². The van der Waals surface area contributed by atoms with Crippen molar-refractivity contribution in [1.82, 2.24) is 9.78 Å². The lowest BCUT2D eigenvalue weighted by molar-refractivity contribution is 0.201. The van der Waals surface area contributed by atoms with Gasteiger partial charge < -0.3 is 9.84 Å². The van der Waals surface area contributed by atoms with Crippen LogP contribution in [0.1, 0.15) is 0 Å². The van der Waals surface area contributed by atoms with Crippen molar-refractivity contribution in [3.8, 4) is 5.75 Å². The Kier molecular flexibility index (Phi) is 4.03. The van der Waals surface area contributed by atoms with E-state index in [2.05, 4.69) is 15.3 Å². The molecule has 1 aromatic heterocycles. The highest BCUT2D eigenvalue weighted by atomic mass is 16.5. The maximum Gasteiger partial charge on any atom is 0.124 e. The van der Waals surface area contributed by atoms with E-state index in [9.17, 15) is 0 Å². The fraction of sp³-hybridized carbons (Fsp3) is 0.250. The second kappa shape index (κ2) is 5.92. The predicted octanol–water partition coefficient (Wildman–Crippen LogP) is 2.21. The van der Waals surface area contributed by atoms with E-state index in [0.29, 0.717) is 11.4 Å². The molecule has 2 rings (SSSR count). The molecular formula is C12H14N4O2. The Morgan fingerprint density at radius 2 is 1.94 bits per heavy atom. The third-order valence-electron chi connectivity index (χ3n) is 2.17. The summed E-state index contributed by atoms with van der Waals surface area (Å²) in [4.78, 5) is 0. The Morgan fingerprint density at radius 3 is 2.56 bits per heavy atom. The molecule has 94 valence electrons. The Hall–Kier alpha value is -2.21. The van der Waals surface area contributed by atoms with E-state index in [-0.39, 0.29) is 13.2 Å². The molecule has 0 saturated heterocycles. The van der Waals surface area contributed by atoms with Gasteiger partial charge in [0.05, 0.1) is 24.7 Å². The first-order chi connectivity index (χ1) is 8.78. The van der Waals surface area contributed by atoms with Gasteiger partial charge in [-0.1, -0.05) is 0 Å². The molecule has 6 heteroatoms. The van der Waals surface area contributed by atoms with Gasteiger partial charge in [0.1, 0.15) is 18.0 Å².